The van der Waals surface area contributed by atoms with Gasteiger partial charge in [-0.3, -0.25) is 4.79 Å². The molecule has 1 amide bonds. The average molecular weight is 371 g/mol. The Labute approximate surface area is 146 Å². The molecule has 6 nitrogen and oxygen atoms in total. The van der Waals surface area contributed by atoms with Crippen LogP contribution >= 0.6 is 11.6 Å². The second-order valence-electron chi connectivity index (χ2n) is 4.76. The normalized spacial score (nSPS) is 10.4. The maximum atomic E-state index is 12.0. The number of halogens is 3. The number of hydrogen-bond acceptors (Lipinski definition) is 5. The minimum Gasteiger partial charge on any atom is -0.452 e. The maximum Gasteiger partial charge on any atom is 0.387 e. The van der Waals surface area contributed by atoms with Crippen LogP contribution in [0.5, 0.6) is 5.75 Å². The van der Waals surface area contributed by atoms with Gasteiger partial charge in [0.1, 0.15) is 5.75 Å². The number of rotatable bonds is 6. The molecule has 9 heteroatoms. The van der Waals surface area contributed by atoms with Crippen LogP contribution in [0.3, 0.4) is 0 Å². The number of alkyl halides is 2. The van der Waals surface area contributed by atoms with Crippen molar-refractivity contribution < 1.29 is 27.8 Å². The standard InChI is InChI=1S/C16H13ClF2N2O4/c17-12-6-1-9(7-13(12)20)15(23)24-8-14(22)21-10-2-4-11(5-3-10)25-16(18)19/h1-7,16H,8,20H2,(H,21,22). The zero-order valence-corrected chi connectivity index (χ0v) is 13.4. The molecule has 0 saturated heterocycles. The third kappa shape index (κ3) is 5.61. The highest BCUT2D eigenvalue weighted by molar-refractivity contribution is 6.33. The molecule has 132 valence electrons. The van der Waals surface area contributed by atoms with E-state index in [-0.39, 0.29) is 17.0 Å². The van der Waals surface area contributed by atoms with Crippen molar-refractivity contribution in [3.05, 3.63) is 53.1 Å². The van der Waals surface area contributed by atoms with E-state index in [1.165, 1.54) is 42.5 Å². The van der Waals surface area contributed by atoms with Crippen molar-refractivity contribution in [1.82, 2.24) is 0 Å². The predicted molar refractivity (Wildman–Crippen MR) is 87.9 cm³/mol. The average Bonchev–Trinajstić information content (AvgIpc) is 2.56. The Kier molecular flexibility index (Phi) is 6.13. The number of hydrogen-bond donors (Lipinski definition) is 2. The number of amides is 1. The van der Waals surface area contributed by atoms with Crippen molar-refractivity contribution in [3.63, 3.8) is 0 Å². The zero-order chi connectivity index (χ0) is 18.4. The van der Waals surface area contributed by atoms with Gasteiger partial charge >= 0.3 is 12.6 Å². The van der Waals surface area contributed by atoms with Crippen LogP contribution in [0.4, 0.5) is 20.2 Å². The van der Waals surface area contributed by atoms with Gasteiger partial charge in [-0.1, -0.05) is 11.6 Å². The van der Waals surface area contributed by atoms with Gasteiger partial charge in [-0.15, -0.1) is 0 Å². The molecule has 3 N–H and O–H groups in total. The van der Waals surface area contributed by atoms with E-state index in [4.69, 9.17) is 22.1 Å². The van der Waals surface area contributed by atoms with Crippen LogP contribution in [0.15, 0.2) is 42.5 Å². The number of nitrogens with one attached hydrogen (secondary N) is 1. The van der Waals surface area contributed by atoms with Gasteiger partial charge in [0.15, 0.2) is 6.61 Å². The van der Waals surface area contributed by atoms with Gasteiger partial charge in [-0.2, -0.15) is 8.78 Å². The molecule has 0 atom stereocenters. The summed E-state index contributed by atoms with van der Waals surface area (Å²) in [6.07, 6.45) is 0. The first-order valence-corrected chi connectivity index (χ1v) is 7.30. The minimum atomic E-state index is -2.93. The van der Waals surface area contributed by atoms with E-state index in [0.717, 1.165) is 0 Å². The summed E-state index contributed by atoms with van der Waals surface area (Å²) < 4.78 is 33.1. The van der Waals surface area contributed by atoms with E-state index in [1.807, 2.05) is 0 Å². The first-order chi connectivity index (χ1) is 11.8. The van der Waals surface area contributed by atoms with Gasteiger partial charge in [0, 0.05) is 5.69 Å². The molecule has 0 aliphatic rings. The van der Waals surface area contributed by atoms with Crippen molar-refractivity contribution in [2.24, 2.45) is 0 Å². The largest absolute Gasteiger partial charge is 0.452 e. The second-order valence-corrected chi connectivity index (χ2v) is 5.17. The molecular weight excluding hydrogens is 358 g/mol. The Hall–Kier alpha value is -2.87. The first-order valence-electron chi connectivity index (χ1n) is 6.92. The zero-order valence-electron chi connectivity index (χ0n) is 12.7. The van der Waals surface area contributed by atoms with Crippen LogP contribution < -0.4 is 15.8 Å². The third-order valence-corrected chi connectivity index (χ3v) is 3.27. The van der Waals surface area contributed by atoms with E-state index in [0.29, 0.717) is 10.7 Å². The van der Waals surface area contributed by atoms with Crippen LogP contribution in [0.2, 0.25) is 5.02 Å². The van der Waals surface area contributed by atoms with Gasteiger partial charge in [-0.25, -0.2) is 4.79 Å². The summed E-state index contributed by atoms with van der Waals surface area (Å²) in [6, 6.07) is 9.48. The molecular formula is C16H13ClF2N2O4. The molecule has 0 bridgehead atoms. The Morgan fingerprint density at radius 1 is 1.16 bits per heavy atom. The summed E-state index contributed by atoms with van der Waals surface area (Å²) in [7, 11) is 0. The van der Waals surface area contributed by atoms with Gasteiger partial charge in [0.2, 0.25) is 0 Å². The SMILES string of the molecule is Nc1cc(C(=O)OCC(=O)Nc2ccc(OC(F)F)cc2)ccc1Cl. The molecule has 0 heterocycles. The monoisotopic (exact) mass is 370 g/mol. The Morgan fingerprint density at radius 2 is 1.84 bits per heavy atom. The van der Waals surface area contributed by atoms with Crippen molar-refractivity contribution in [3.8, 4) is 5.75 Å². The fraction of sp³-hybridized carbons (Fsp3) is 0.125. The van der Waals surface area contributed by atoms with Crippen molar-refractivity contribution in [1.29, 1.82) is 0 Å². The first kappa shape index (κ1) is 18.5. The van der Waals surface area contributed by atoms with Crippen LogP contribution in [0, 0.1) is 0 Å². The Morgan fingerprint density at radius 3 is 2.44 bits per heavy atom. The molecule has 25 heavy (non-hydrogen) atoms. The topological polar surface area (TPSA) is 90.7 Å². The van der Waals surface area contributed by atoms with Crippen LogP contribution in [0.25, 0.3) is 0 Å². The van der Waals surface area contributed by atoms with E-state index < -0.39 is 25.1 Å². The van der Waals surface area contributed by atoms with Crippen LogP contribution in [0.1, 0.15) is 10.4 Å². The molecule has 0 fully saturated rings. The molecule has 2 aromatic carbocycles. The fourth-order valence-corrected chi connectivity index (χ4v) is 1.92. The maximum absolute atomic E-state index is 12.0. The van der Waals surface area contributed by atoms with Gasteiger partial charge in [0.05, 0.1) is 16.3 Å². The Bertz CT molecular complexity index is 769. The molecule has 0 unspecified atom stereocenters. The summed E-state index contributed by atoms with van der Waals surface area (Å²) in [5.74, 6) is -1.38. The summed E-state index contributed by atoms with van der Waals surface area (Å²) in [5.41, 5.74) is 6.28. The van der Waals surface area contributed by atoms with Crippen molar-refractivity contribution in [2.75, 3.05) is 17.7 Å². The lowest BCUT2D eigenvalue weighted by molar-refractivity contribution is -0.119. The van der Waals surface area contributed by atoms with Crippen LogP contribution in [-0.4, -0.2) is 25.1 Å². The lowest BCUT2D eigenvalue weighted by atomic mass is 10.2. The summed E-state index contributed by atoms with van der Waals surface area (Å²) in [6.45, 7) is -3.46. The number of esters is 1. The highest BCUT2D eigenvalue weighted by Crippen LogP contribution is 2.20. The Balaban J connectivity index is 1.85. The van der Waals surface area contributed by atoms with Gasteiger partial charge < -0.3 is 20.5 Å². The lowest BCUT2D eigenvalue weighted by Gasteiger charge is -2.08. The van der Waals surface area contributed by atoms with E-state index in [1.54, 1.807) is 0 Å². The van der Waals surface area contributed by atoms with Crippen molar-refractivity contribution >= 4 is 34.9 Å². The quantitative estimate of drug-likeness (QED) is 0.601. The number of anilines is 2. The van der Waals surface area contributed by atoms with E-state index >= 15 is 0 Å². The molecule has 2 aromatic rings. The fourth-order valence-electron chi connectivity index (χ4n) is 1.80. The number of carbonyl (C=O) groups excluding carboxylic acids is 2. The van der Waals surface area contributed by atoms with Gasteiger partial charge in [-0.05, 0) is 42.5 Å². The number of carbonyl (C=O) groups is 2. The molecule has 2 rings (SSSR count). The van der Waals surface area contributed by atoms with E-state index in [9.17, 15) is 18.4 Å². The number of benzene rings is 2. The molecule has 0 radical (unpaired) electrons. The summed E-state index contributed by atoms with van der Waals surface area (Å²) in [4.78, 5) is 23.6. The second kappa shape index (κ2) is 8.29. The van der Waals surface area contributed by atoms with Crippen molar-refractivity contribution in [2.45, 2.75) is 6.61 Å². The molecule has 0 saturated carbocycles. The molecule has 0 aliphatic heterocycles. The summed E-state index contributed by atoms with van der Waals surface area (Å²) in [5, 5.41) is 2.74. The minimum absolute atomic E-state index is 0.0419. The smallest absolute Gasteiger partial charge is 0.387 e. The predicted octanol–water partition coefficient (Wildman–Crippen LogP) is 3.32. The highest BCUT2D eigenvalue weighted by Gasteiger charge is 2.12. The lowest BCUT2D eigenvalue weighted by Crippen LogP contribution is -2.21. The number of ether oxygens (including phenoxy) is 2. The number of nitrogens with two attached hydrogens (primary N) is 1. The van der Waals surface area contributed by atoms with E-state index in [2.05, 4.69) is 10.1 Å². The summed E-state index contributed by atoms with van der Waals surface area (Å²) >= 11 is 5.75. The molecule has 0 aliphatic carbocycles. The van der Waals surface area contributed by atoms with Gasteiger partial charge in [0.25, 0.3) is 5.91 Å². The molecule has 0 spiro atoms. The number of nitrogen functional groups attached to an aromatic ring is 1. The van der Waals surface area contributed by atoms with Crippen LogP contribution in [-0.2, 0) is 9.53 Å². The molecule has 0 aromatic heterocycles. The third-order valence-electron chi connectivity index (χ3n) is 2.93. The highest BCUT2D eigenvalue weighted by atomic mass is 35.5.